The smallest absolute Gasteiger partial charge is 0.229 e. The lowest BCUT2D eigenvalue weighted by Gasteiger charge is -2.02. The van der Waals surface area contributed by atoms with Crippen LogP contribution in [-0.2, 0) is 0 Å². The third kappa shape index (κ3) is 2.33. The van der Waals surface area contributed by atoms with Gasteiger partial charge in [-0.2, -0.15) is 0 Å². The molecule has 0 spiro atoms. The SMILES string of the molecule is O=C(c1ccc(Cl)o1)c1cc(F)c(F)cc1Cl. The minimum absolute atomic E-state index is 0.0204. The zero-order valence-corrected chi connectivity index (χ0v) is 9.65. The average molecular weight is 277 g/mol. The number of carbonyl (C=O) groups excluding carboxylic acids is 1. The van der Waals surface area contributed by atoms with E-state index in [1.54, 1.807) is 0 Å². The van der Waals surface area contributed by atoms with Gasteiger partial charge in [-0.05, 0) is 35.9 Å². The Bertz CT molecular complexity index is 593. The zero-order chi connectivity index (χ0) is 12.6. The lowest BCUT2D eigenvalue weighted by atomic mass is 10.1. The molecular weight excluding hydrogens is 273 g/mol. The molecule has 0 saturated heterocycles. The first-order valence-corrected chi connectivity index (χ1v) is 5.19. The summed E-state index contributed by atoms with van der Waals surface area (Å²) in [5.74, 6) is -3.04. The van der Waals surface area contributed by atoms with Gasteiger partial charge in [0.15, 0.2) is 22.6 Å². The molecule has 0 saturated carbocycles. The third-order valence-corrected chi connectivity index (χ3v) is 2.57. The van der Waals surface area contributed by atoms with Crippen molar-refractivity contribution >= 4 is 29.0 Å². The number of furan rings is 1. The van der Waals surface area contributed by atoms with Gasteiger partial charge in [-0.15, -0.1) is 0 Å². The molecule has 0 aliphatic carbocycles. The Morgan fingerprint density at radius 1 is 1.12 bits per heavy atom. The molecule has 1 heterocycles. The van der Waals surface area contributed by atoms with Crippen LogP contribution in [-0.4, -0.2) is 5.78 Å². The minimum atomic E-state index is -1.16. The Hall–Kier alpha value is -1.39. The third-order valence-electron chi connectivity index (χ3n) is 2.05. The molecule has 0 amide bonds. The van der Waals surface area contributed by atoms with Gasteiger partial charge in [-0.1, -0.05) is 11.6 Å². The number of carbonyl (C=O) groups is 1. The fraction of sp³-hybridized carbons (Fsp3) is 0. The standard InChI is InChI=1S/C11H4Cl2F2O2/c12-6-4-8(15)7(14)3-5(6)11(16)9-1-2-10(13)17-9/h1-4H. The van der Waals surface area contributed by atoms with Crippen LogP contribution in [0.4, 0.5) is 8.78 Å². The van der Waals surface area contributed by atoms with Crippen molar-refractivity contribution in [3.8, 4) is 0 Å². The van der Waals surface area contributed by atoms with Crippen molar-refractivity contribution in [2.75, 3.05) is 0 Å². The highest BCUT2D eigenvalue weighted by molar-refractivity contribution is 6.35. The van der Waals surface area contributed by atoms with Crippen molar-refractivity contribution in [1.82, 2.24) is 0 Å². The van der Waals surface area contributed by atoms with Gasteiger partial charge in [0.25, 0.3) is 0 Å². The highest BCUT2D eigenvalue weighted by Gasteiger charge is 2.19. The Kier molecular flexibility index (Phi) is 3.17. The summed E-state index contributed by atoms with van der Waals surface area (Å²) < 4.78 is 30.7. The summed E-state index contributed by atoms with van der Waals surface area (Å²) in [7, 11) is 0. The monoisotopic (exact) mass is 276 g/mol. The maximum absolute atomic E-state index is 13.0. The van der Waals surface area contributed by atoms with Gasteiger partial charge in [0, 0.05) is 5.56 Å². The number of benzene rings is 1. The van der Waals surface area contributed by atoms with E-state index >= 15 is 0 Å². The molecule has 0 atom stereocenters. The maximum Gasteiger partial charge on any atom is 0.229 e. The van der Waals surface area contributed by atoms with Gasteiger partial charge in [-0.3, -0.25) is 4.79 Å². The van der Waals surface area contributed by atoms with E-state index in [-0.39, 0.29) is 21.6 Å². The number of rotatable bonds is 2. The van der Waals surface area contributed by atoms with Gasteiger partial charge in [0.2, 0.25) is 5.78 Å². The van der Waals surface area contributed by atoms with Crippen molar-refractivity contribution in [2.24, 2.45) is 0 Å². The van der Waals surface area contributed by atoms with E-state index < -0.39 is 17.4 Å². The lowest BCUT2D eigenvalue weighted by molar-refractivity contribution is 0.101. The predicted molar refractivity (Wildman–Crippen MR) is 58.5 cm³/mol. The van der Waals surface area contributed by atoms with E-state index in [1.165, 1.54) is 12.1 Å². The van der Waals surface area contributed by atoms with Crippen molar-refractivity contribution in [3.05, 3.63) is 57.5 Å². The molecule has 1 aromatic carbocycles. The van der Waals surface area contributed by atoms with Crippen LogP contribution < -0.4 is 0 Å². The molecule has 88 valence electrons. The van der Waals surface area contributed by atoms with Crippen LogP contribution >= 0.6 is 23.2 Å². The Morgan fingerprint density at radius 2 is 1.76 bits per heavy atom. The second kappa shape index (κ2) is 4.47. The molecule has 0 N–H and O–H groups in total. The first kappa shape index (κ1) is 12.1. The van der Waals surface area contributed by atoms with Crippen LogP contribution in [0.2, 0.25) is 10.2 Å². The second-order valence-corrected chi connectivity index (χ2v) is 3.96. The summed E-state index contributed by atoms with van der Waals surface area (Å²) in [6.45, 7) is 0. The predicted octanol–water partition coefficient (Wildman–Crippen LogP) is 4.10. The molecule has 2 rings (SSSR count). The first-order chi connectivity index (χ1) is 7.99. The molecular formula is C11H4Cl2F2O2. The van der Waals surface area contributed by atoms with Crippen molar-refractivity contribution < 1.29 is 18.0 Å². The first-order valence-electron chi connectivity index (χ1n) is 4.43. The minimum Gasteiger partial charge on any atom is -0.441 e. The molecule has 0 fully saturated rings. The summed E-state index contributed by atoms with van der Waals surface area (Å²) >= 11 is 11.2. The quantitative estimate of drug-likeness (QED) is 0.611. The summed E-state index contributed by atoms with van der Waals surface area (Å²) in [4.78, 5) is 11.8. The Labute approximate surface area is 105 Å². The molecule has 2 aromatic rings. The van der Waals surface area contributed by atoms with Gasteiger partial charge >= 0.3 is 0 Å². The topological polar surface area (TPSA) is 30.2 Å². The average Bonchev–Trinajstić information content (AvgIpc) is 2.69. The van der Waals surface area contributed by atoms with Crippen LogP contribution in [0.5, 0.6) is 0 Å². The van der Waals surface area contributed by atoms with Crippen LogP contribution in [0.15, 0.2) is 28.7 Å². The van der Waals surface area contributed by atoms with E-state index in [2.05, 4.69) is 0 Å². The van der Waals surface area contributed by atoms with Crippen LogP contribution in [0.1, 0.15) is 16.1 Å². The van der Waals surface area contributed by atoms with E-state index in [9.17, 15) is 13.6 Å². The van der Waals surface area contributed by atoms with Crippen molar-refractivity contribution in [1.29, 1.82) is 0 Å². The summed E-state index contributed by atoms with van der Waals surface area (Å²) in [5.41, 5.74) is -0.184. The Morgan fingerprint density at radius 3 is 2.35 bits per heavy atom. The maximum atomic E-state index is 13.0. The number of hydrogen-bond acceptors (Lipinski definition) is 2. The number of ketones is 1. The molecule has 1 aromatic heterocycles. The highest BCUT2D eigenvalue weighted by Crippen LogP contribution is 2.24. The molecule has 2 nitrogen and oxygen atoms in total. The van der Waals surface area contributed by atoms with E-state index in [0.29, 0.717) is 0 Å². The van der Waals surface area contributed by atoms with Crippen LogP contribution in [0.25, 0.3) is 0 Å². The summed E-state index contributed by atoms with van der Waals surface area (Å²) in [5, 5.41) is -0.173. The largest absolute Gasteiger partial charge is 0.441 e. The van der Waals surface area contributed by atoms with Gasteiger partial charge in [-0.25, -0.2) is 8.78 Å². The molecule has 6 heteroatoms. The highest BCUT2D eigenvalue weighted by atomic mass is 35.5. The molecule has 0 radical (unpaired) electrons. The summed E-state index contributed by atoms with van der Waals surface area (Å²) in [6, 6.07) is 4.13. The molecule has 0 bridgehead atoms. The Balaban J connectivity index is 2.47. The molecule has 0 aliphatic heterocycles. The summed E-state index contributed by atoms with van der Waals surface area (Å²) in [6.07, 6.45) is 0. The fourth-order valence-electron chi connectivity index (χ4n) is 1.27. The van der Waals surface area contributed by atoms with E-state index in [1.807, 2.05) is 0 Å². The van der Waals surface area contributed by atoms with E-state index in [4.69, 9.17) is 27.6 Å². The molecule has 0 aliphatic rings. The van der Waals surface area contributed by atoms with Crippen molar-refractivity contribution in [2.45, 2.75) is 0 Å². The van der Waals surface area contributed by atoms with Gasteiger partial charge in [0.05, 0.1) is 5.02 Å². The van der Waals surface area contributed by atoms with Crippen molar-refractivity contribution in [3.63, 3.8) is 0 Å². The van der Waals surface area contributed by atoms with Crippen LogP contribution in [0, 0.1) is 11.6 Å². The lowest BCUT2D eigenvalue weighted by Crippen LogP contribution is -2.02. The number of hydrogen-bond donors (Lipinski definition) is 0. The van der Waals surface area contributed by atoms with E-state index in [0.717, 1.165) is 12.1 Å². The van der Waals surface area contributed by atoms with Crippen LogP contribution in [0.3, 0.4) is 0 Å². The molecule has 0 unspecified atom stereocenters. The fourth-order valence-corrected chi connectivity index (χ4v) is 1.65. The number of halogens is 4. The van der Waals surface area contributed by atoms with Gasteiger partial charge in [0.1, 0.15) is 0 Å². The van der Waals surface area contributed by atoms with Gasteiger partial charge < -0.3 is 4.42 Å². The zero-order valence-electron chi connectivity index (χ0n) is 8.14. The molecule has 17 heavy (non-hydrogen) atoms. The normalized spacial score (nSPS) is 10.6. The second-order valence-electron chi connectivity index (χ2n) is 3.18.